The Hall–Kier alpha value is -1.12. The summed E-state index contributed by atoms with van der Waals surface area (Å²) >= 11 is 0. The third kappa shape index (κ3) is 5.26. The highest BCUT2D eigenvalue weighted by molar-refractivity contribution is 7.89. The molecule has 1 unspecified atom stereocenters. The molecule has 1 atom stereocenters. The largest absolute Gasteiger partial charge is 0.393 e. The van der Waals surface area contributed by atoms with Crippen molar-refractivity contribution in [2.24, 2.45) is 5.92 Å². The van der Waals surface area contributed by atoms with Gasteiger partial charge in [-0.15, -0.1) is 0 Å². The molecule has 2 rings (SSSR count). The second-order valence-corrected chi connectivity index (χ2v) is 7.25. The third-order valence-corrected chi connectivity index (χ3v) is 5.12. The quantitative estimate of drug-likeness (QED) is 0.836. The average molecular weight is 336 g/mol. The van der Waals surface area contributed by atoms with Gasteiger partial charge in [0.1, 0.15) is 0 Å². The summed E-state index contributed by atoms with van der Waals surface area (Å²) in [5.74, 6) is 0.469. The fourth-order valence-electron chi connectivity index (χ4n) is 2.46. The lowest BCUT2D eigenvalue weighted by atomic mass is 10.1. The number of nitrogens with one attached hydrogen (secondary N) is 2. The molecule has 1 saturated heterocycles. The SMILES string of the molecule is O=S(=O)(NCCC1CCNC1)c1ccc(CC(F)(F)F)cc1. The van der Waals surface area contributed by atoms with Gasteiger partial charge in [0.15, 0.2) is 0 Å². The summed E-state index contributed by atoms with van der Waals surface area (Å²) in [5, 5.41) is 3.21. The van der Waals surface area contributed by atoms with Crippen molar-refractivity contribution in [1.82, 2.24) is 10.0 Å². The molecule has 1 heterocycles. The van der Waals surface area contributed by atoms with Crippen LogP contribution in [0.25, 0.3) is 0 Å². The van der Waals surface area contributed by atoms with Crippen molar-refractivity contribution in [1.29, 1.82) is 0 Å². The molecule has 0 saturated carbocycles. The van der Waals surface area contributed by atoms with Crippen LogP contribution in [0, 0.1) is 5.92 Å². The van der Waals surface area contributed by atoms with Crippen LogP contribution in [0.3, 0.4) is 0 Å². The van der Waals surface area contributed by atoms with E-state index in [2.05, 4.69) is 10.0 Å². The summed E-state index contributed by atoms with van der Waals surface area (Å²) < 4.78 is 63.4. The Morgan fingerprint density at radius 2 is 1.91 bits per heavy atom. The maximum absolute atomic E-state index is 12.3. The Balaban J connectivity index is 1.91. The zero-order valence-corrected chi connectivity index (χ0v) is 12.8. The average Bonchev–Trinajstić information content (AvgIpc) is 2.90. The van der Waals surface area contributed by atoms with Crippen LogP contribution in [0.4, 0.5) is 13.2 Å². The van der Waals surface area contributed by atoms with E-state index in [1.807, 2.05) is 0 Å². The molecule has 1 aromatic rings. The molecule has 1 aliphatic rings. The standard InChI is InChI=1S/C14H19F3N2O2S/c15-14(16,17)9-11-1-3-13(4-2-11)22(20,21)19-8-6-12-5-7-18-10-12/h1-4,12,18-19H,5-10H2. The fourth-order valence-corrected chi connectivity index (χ4v) is 3.51. The Morgan fingerprint density at radius 1 is 1.23 bits per heavy atom. The van der Waals surface area contributed by atoms with Gasteiger partial charge in [0.2, 0.25) is 10.0 Å². The maximum Gasteiger partial charge on any atom is 0.393 e. The Bertz CT molecular complexity index is 579. The van der Waals surface area contributed by atoms with Crippen molar-refractivity contribution in [3.05, 3.63) is 29.8 Å². The first-order chi connectivity index (χ1) is 10.3. The van der Waals surface area contributed by atoms with Crippen LogP contribution < -0.4 is 10.0 Å². The molecule has 0 aromatic heterocycles. The van der Waals surface area contributed by atoms with Crippen LogP contribution in [0.2, 0.25) is 0 Å². The highest BCUT2D eigenvalue weighted by Gasteiger charge is 2.27. The van der Waals surface area contributed by atoms with Crippen molar-refractivity contribution in [2.75, 3.05) is 19.6 Å². The van der Waals surface area contributed by atoms with Crippen LogP contribution in [0.5, 0.6) is 0 Å². The second-order valence-electron chi connectivity index (χ2n) is 5.48. The monoisotopic (exact) mass is 336 g/mol. The molecular weight excluding hydrogens is 317 g/mol. The van der Waals surface area contributed by atoms with Gasteiger partial charge in [-0.25, -0.2) is 13.1 Å². The number of hydrogen-bond donors (Lipinski definition) is 2. The number of hydrogen-bond acceptors (Lipinski definition) is 3. The molecule has 0 spiro atoms. The predicted octanol–water partition coefficient (Wildman–Crippen LogP) is 2.07. The van der Waals surface area contributed by atoms with Gasteiger partial charge in [0, 0.05) is 6.54 Å². The van der Waals surface area contributed by atoms with E-state index in [9.17, 15) is 21.6 Å². The highest BCUT2D eigenvalue weighted by Crippen LogP contribution is 2.22. The molecule has 0 amide bonds. The normalized spacial score (nSPS) is 19.5. The van der Waals surface area contributed by atoms with Gasteiger partial charge >= 0.3 is 6.18 Å². The second kappa shape index (κ2) is 6.97. The van der Waals surface area contributed by atoms with Gasteiger partial charge in [-0.1, -0.05) is 12.1 Å². The zero-order valence-electron chi connectivity index (χ0n) is 12.0. The third-order valence-electron chi connectivity index (χ3n) is 3.65. The van der Waals surface area contributed by atoms with Crippen molar-refractivity contribution in [3.8, 4) is 0 Å². The molecule has 8 heteroatoms. The van der Waals surface area contributed by atoms with E-state index in [-0.39, 0.29) is 10.5 Å². The summed E-state index contributed by atoms with van der Waals surface area (Å²) in [7, 11) is -3.66. The fraction of sp³-hybridized carbons (Fsp3) is 0.571. The van der Waals surface area contributed by atoms with Crippen LogP contribution in [0.1, 0.15) is 18.4 Å². The van der Waals surface area contributed by atoms with Crippen molar-refractivity contribution in [3.63, 3.8) is 0 Å². The van der Waals surface area contributed by atoms with E-state index in [0.717, 1.165) is 25.9 Å². The zero-order chi connectivity index (χ0) is 16.2. The predicted molar refractivity (Wildman–Crippen MR) is 77.0 cm³/mol. The number of benzene rings is 1. The molecular formula is C14H19F3N2O2S. The number of alkyl halides is 3. The number of sulfonamides is 1. The minimum atomic E-state index is -4.30. The van der Waals surface area contributed by atoms with Gasteiger partial charge in [0.25, 0.3) is 0 Å². The first-order valence-electron chi connectivity index (χ1n) is 7.12. The smallest absolute Gasteiger partial charge is 0.316 e. The van der Waals surface area contributed by atoms with Gasteiger partial charge in [-0.2, -0.15) is 13.2 Å². The van der Waals surface area contributed by atoms with E-state index >= 15 is 0 Å². The summed E-state index contributed by atoms with van der Waals surface area (Å²) in [4.78, 5) is -0.0111. The molecule has 0 bridgehead atoms. The first-order valence-corrected chi connectivity index (χ1v) is 8.61. The molecule has 1 aliphatic heterocycles. The summed E-state index contributed by atoms with van der Waals surface area (Å²) in [6, 6.07) is 4.81. The van der Waals surface area contributed by atoms with E-state index in [1.54, 1.807) is 0 Å². The molecule has 0 radical (unpaired) electrons. The number of rotatable bonds is 6. The molecule has 4 nitrogen and oxygen atoms in total. The summed E-state index contributed by atoms with van der Waals surface area (Å²) in [5.41, 5.74) is 0.0449. The van der Waals surface area contributed by atoms with Gasteiger partial charge in [0.05, 0.1) is 11.3 Å². The molecule has 1 fully saturated rings. The lowest BCUT2D eigenvalue weighted by Gasteiger charge is -2.11. The van der Waals surface area contributed by atoms with Crippen molar-refractivity contribution >= 4 is 10.0 Å². The van der Waals surface area contributed by atoms with Crippen LogP contribution >= 0.6 is 0 Å². The first kappa shape index (κ1) is 17.2. The van der Waals surface area contributed by atoms with Crippen molar-refractivity contribution in [2.45, 2.75) is 30.3 Å². The van der Waals surface area contributed by atoms with E-state index in [0.29, 0.717) is 12.5 Å². The van der Waals surface area contributed by atoms with Gasteiger partial charge < -0.3 is 5.32 Å². The molecule has 1 aromatic carbocycles. The summed E-state index contributed by atoms with van der Waals surface area (Å²) in [6.45, 7) is 2.19. The van der Waals surface area contributed by atoms with E-state index < -0.39 is 22.6 Å². The van der Waals surface area contributed by atoms with Crippen molar-refractivity contribution < 1.29 is 21.6 Å². The topological polar surface area (TPSA) is 58.2 Å². The molecule has 2 N–H and O–H groups in total. The molecule has 124 valence electrons. The lowest BCUT2D eigenvalue weighted by molar-refractivity contribution is -0.127. The highest BCUT2D eigenvalue weighted by atomic mass is 32.2. The lowest BCUT2D eigenvalue weighted by Crippen LogP contribution is -2.26. The Kier molecular flexibility index (Phi) is 5.46. The maximum atomic E-state index is 12.3. The Morgan fingerprint density at radius 3 is 2.45 bits per heavy atom. The minimum absolute atomic E-state index is 0.0111. The van der Waals surface area contributed by atoms with Crippen LogP contribution in [0.15, 0.2) is 29.2 Å². The Labute approximate surface area is 128 Å². The van der Waals surface area contributed by atoms with E-state index in [4.69, 9.17) is 0 Å². The van der Waals surface area contributed by atoms with Crippen LogP contribution in [-0.2, 0) is 16.4 Å². The summed E-state index contributed by atoms with van der Waals surface area (Å²) in [6.07, 6.45) is -3.57. The molecule has 22 heavy (non-hydrogen) atoms. The minimum Gasteiger partial charge on any atom is -0.316 e. The number of halogens is 3. The van der Waals surface area contributed by atoms with Gasteiger partial charge in [-0.3, -0.25) is 0 Å². The van der Waals surface area contributed by atoms with Crippen LogP contribution in [-0.4, -0.2) is 34.2 Å². The van der Waals surface area contributed by atoms with E-state index in [1.165, 1.54) is 24.3 Å². The molecule has 0 aliphatic carbocycles. The van der Waals surface area contributed by atoms with Gasteiger partial charge in [-0.05, 0) is 49.5 Å².